The van der Waals surface area contributed by atoms with Gasteiger partial charge in [0, 0.05) is 16.1 Å². The molecule has 100 valence electrons. The monoisotopic (exact) mass is 374 g/mol. The van der Waals surface area contributed by atoms with Crippen LogP contribution in [0.4, 0.5) is 4.39 Å². The van der Waals surface area contributed by atoms with Gasteiger partial charge in [-0.05, 0) is 40.3 Å². The lowest BCUT2D eigenvalue weighted by Gasteiger charge is -2.12. The summed E-state index contributed by atoms with van der Waals surface area (Å²) >= 11 is 2.00. The van der Waals surface area contributed by atoms with Crippen molar-refractivity contribution in [2.24, 2.45) is 0 Å². The Morgan fingerprint density at radius 2 is 2.16 bits per heavy atom. The quantitative estimate of drug-likeness (QED) is 0.836. The maximum atomic E-state index is 13.0. The molecule has 1 atom stereocenters. The Balaban J connectivity index is 2.17. The number of hydrogen-bond acceptors (Lipinski definition) is 4. The lowest BCUT2D eigenvalue weighted by atomic mass is 10.0. The minimum Gasteiger partial charge on any atom is -0.481 e. The van der Waals surface area contributed by atoms with Crippen molar-refractivity contribution in [3.8, 4) is 5.88 Å². The van der Waals surface area contributed by atoms with Crippen LogP contribution in [0, 0.1) is 9.39 Å². The molecule has 19 heavy (non-hydrogen) atoms. The molecule has 0 saturated heterocycles. The Hall–Kier alpha value is -1.28. The molecule has 0 saturated carbocycles. The first-order chi connectivity index (χ1) is 9.10. The van der Waals surface area contributed by atoms with Crippen molar-refractivity contribution < 1.29 is 14.2 Å². The number of aromatic nitrogens is 2. The Bertz CT molecular complexity index is 580. The van der Waals surface area contributed by atoms with Crippen molar-refractivity contribution in [2.75, 3.05) is 7.11 Å². The standard InChI is InChI=1S/C13H12FIN2O2/c1-19-13-6-9(16-7-17-13)5-12(18)10-3-2-8(14)4-11(10)15/h2-4,6-7,12,18H,5H2,1H3. The normalized spacial score (nSPS) is 12.2. The highest BCUT2D eigenvalue weighted by atomic mass is 127. The van der Waals surface area contributed by atoms with Gasteiger partial charge in [0.2, 0.25) is 5.88 Å². The lowest BCUT2D eigenvalue weighted by molar-refractivity contribution is 0.176. The molecular weight excluding hydrogens is 362 g/mol. The topological polar surface area (TPSA) is 55.2 Å². The van der Waals surface area contributed by atoms with Crippen molar-refractivity contribution in [1.82, 2.24) is 9.97 Å². The molecule has 1 N–H and O–H groups in total. The van der Waals surface area contributed by atoms with Gasteiger partial charge in [-0.15, -0.1) is 0 Å². The molecule has 0 amide bonds. The second-order valence-corrected chi connectivity index (χ2v) is 5.10. The van der Waals surface area contributed by atoms with E-state index in [1.54, 1.807) is 12.1 Å². The van der Waals surface area contributed by atoms with Crippen LogP contribution in [-0.2, 0) is 6.42 Å². The molecule has 1 unspecified atom stereocenters. The largest absolute Gasteiger partial charge is 0.481 e. The molecule has 2 aromatic rings. The number of benzene rings is 1. The summed E-state index contributed by atoms with van der Waals surface area (Å²) in [6.07, 6.45) is 0.962. The molecule has 0 radical (unpaired) electrons. The van der Waals surface area contributed by atoms with Crippen molar-refractivity contribution in [3.05, 3.63) is 51.2 Å². The molecule has 0 aliphatic carbocycles. The first kappa shape index (κ1) is 14.1. The van der Waals surface area contributed by atoms with E-state index in [1.807, 2.05) is 22.6 Å². The molecule has 0 fully saturated rings. The Labute approximate surface area is 123 Å². The third-order valence-corrected chi connectivity index (χ3v) is 3.57. The smallest absolute Gasteiger partial charge is 0.216 e. The molecule has 0 aliphatic rings. The third-order valence-electron chi connectivity index (χ3n) is 2.63. The predicted octanol–water partition coefficient (Wildman–Crippen LogP) is 2.51. The maximum absolute atomic E-state index is 13.0. The molecule has 4 nitrogen and oxygen atoms in total. The van der Waals surface area contributed by atoms with Gasteiger partial charge in [-0.3, -0.25) is 0 Å². The van der Waals surface area contributed by atoms with Crippen molar-refractivity contribution in [3.63, 3.8) is 0 Å². The minimum atomic E-state index is -0.743. The van der Waals surface area contributed by atoms with Gasteiger partial charge < -0.3 is 9.84 Å². The van der Waals surface area contributed by atoms with E-state index in [0.29, 0.717) is 27.1 Å². The molecular formula is C13H12FIN2O2. The number of halogens is 2. The van der Waals surface area contributed by atoms with E-state index in [-0.39, 0.29) is 5.82 Å². The Morgan fingerprint density at radius 1 is 1.37 bits per heavy atom. The van der Waals surface area contributed by atoms with Gasteiger partial charge in [0.25, 0.3) is 0 Å². The fourth-order valence-corrected chi connectivity index (χ4v) is 2.52. The first-order valence-corrected chi connectivity index (χ1v) is 6.66. The fourth-order valence-electron chi connectivity index (χ4n) is 1.68. The SMILES string of the molecule is COc1cc(CC(O)c2ccc(F)cc2I)ncn1. The summed E-state index contributed by atoms with van der Waals surface area (Å²) < 4.78 is 18.7. The molecule has 6 heteroatoms. The van der Waals surface area contributed by atoms with Crippen LogP contribution in [0.2, 0.25) is 0 Å². The van der Waals surface area contributed by atoms with E-state index in [4.69, 9.17) is 4.74 Å². The summed E-state index contributed by atoms with van der Waals surface area (Å²) in [4.78, 5) is 7.97. The summed E-state index contributed by atoms with van der Waals surface area (Å²) in [7, 11) is 1.52. The first-order valence-electron chi connectivity index (χ1n) is 5.58. The maximum Gasteiger partial charge on any atom is 0.216 e. The lowest BCUT2D eigenvalue weighted by Crippen LogP contribution is -2.06. The van der Waals surface area contributed by atoms with E-state index < -0.39 is 6.10 Å². The number of aliphatic hydroxyl groups excluding tert-OH is 1. The van der Waals surface area contributed by atoms with Crippen LogP contribution < -0.4 is 4.74 Å². The van der Waals surface area contributed by atoms with Crippen LogP contribution >= 0.6 is 22.6 Å². The summed E-state index contributed by atoms with van der Waals surface area (Å²) in [5, 5.41) is 10.2. The van der Waals surface area contributed by atoms with Gasteiger partial charge in [0.15, 0.2) is 0 Å². The number of methoxy groups -OCH3 is 1. The van der Waals surface area contributed by atoms with E-state index in [1.165, 1.54) is 25.6 Å². The number of rotatable bonds is 4. The molecule has 1 aromatic heterocycles. The second kappa shape index (κ2) is 6.25. The summed E-state index contributed by atoms with van der Waals surface area (Å²) in [5.74, 6) is 0.134. The molecule has 0 aliphatic heterocycles. The van der Waals surface area contributed by atoms with Gasteiger partial charge in [0.05, 0.1) is 18.9 Å². The second-order valence-electron chi connectivity index (χ2n) is 3.94. The van der Waals surface area contributed by atoms with Crippen LogP contribution in [0.25, 0.3) is 0 Å². The summed E-state index contributed by atoms with van der Waals surface area (Å²) in [6, 6.07) is 5.97. The van der Waals surface area contributed by atoms with Crippen LogP contribution in [0.15, 0.2) is 30.6 Å². The van der Waals surface area contributed by atoms with Crippen LogP contribution in [0.5, 0.6) is 5.88 Å². The van der Waals surface area contributed by atoms with E-state index in [2.05, 4.69) is 9.97 Å². The number of hydrogen-bond donors (Lipinski definition) is 1. The molecule has 1 aromatic carbocycles. The number of aliphatic hydroxyl groups is 1. The van der Waals surface area contributed by atoms with E-state index in [9.17, 15) is 9.50 Å². The minimum absolute atomic E-state index is 0.316. The van der Waals surface area contributed by atoms with Crippen LogP contribution in [0.1, 0.15) is 17.4 Å². The summed E-state index contributed by atoms with van der Waals surface area (Å²) in [6.45, 7) is 0. The highest BCUT2D eigenvalue weighted by Gasteiger charge is 2.14. The zero-order valence-electron chi connectivity index (χ0n) is 10.2. The van der Waals surface area contributed by atoms with Crippen LogP contribution in [-0.4, -0.2) is 22.2 Å². The average Bonchev–Trinajstić information content (AvgIpc) is 2.38. The van der Waals surface area contributed by atoms with Gasteiger partial charge in [-0.2, -0.15) is 0 Å². The van der Waals surface area contributed by atoms with Crippen molar-refractivity contribution in [2.45, 2.75) is 12.5 Å². The van der Waals surface area contributed by atoms with Crippen molar-refractivity contribution >= 4 is 22.6 Å². The van der Waals surface area contributed by atoms with Gasteiger partial charge in [-0.25, -0.2) is 14.4 Å². The van der Waals surface area contributed by atoms with Gasteiger partial charge >= 0.3 is 0 Å². The van der Waals surface area contributed by atoms with Crippen molar-refractivity contribution in [1.29, 1.82) is 0 Å². The highest BCUT2D eigenvalue weighted by molar-refractivity contribution is 14.1. The Kier molecular flexibility index (Phi) is 4.65. The number of ether oxygens (including phenoxy) is 1. The van der Waals surface area contributed by atoms with Gasteiger partial charge in [0.1, 0.15) is 12.1 Å². The average molecular weight is 374 g/mol. The Morgan fingerprint density at radius 3 is 2.84 bits per heavy atom. The molecule has 0 spiro atoms. The summed E-state index contributed by atoms with van der Waals surface area (Å²) in [5.41, 5.74) is 1.35. The number of nitrogens with zero attached hydrogens (tertiary/aromatic N) is 2. The third kappa shape index (κ3) is 3.60. The fraction of sp³-hybridized carbons (Fsp3) is 0.231. The van der Waals surface area contributed by atoms with Crippen LogP contribution in [0.3, 0.4) is 0 Å². The zero-order valence-corrected chi connectivity index (χ0v) is 12.3. The molecule has 1 heterocycles. The highest BCUT2D eigenvalue weighted by Crippen LogP contribution is 2.24. The zero-order chi connectivity index (χ0) is 13.8. The van der Waals surface area contributed by atoms with E-state index >= 15 is 0 Å². The molecule has 2 rings (SSSR count). The van der Waals surface area contributed by atoms with E-state index in [0.717, 1.165) is 0 Å². The van der Waals surface area contributed by atoms with Gasteiger partial charge in [-0.1, -0.05) is 6.07 Å². The predicted molar refractivity (Wildman–Crippen MR) is 76.4 cm³/mol. The molecule has 0 bridgehead atoms.